The van der Waals surface area contributed by atoms with Crippen molar-refractivity contribution in [3.8, 4) is 6.07 Å². The summed E-state index contributed by atoms with van der Waals surface area (Å²) >= 11 is 0. The zero-order chi connectivity index (χ0) is 30.4. The van der Waals surface area contributed by atoms with Crippen molar-refractivity contribution in [2.24, 2.45) is 0 Å². The van der Waals surface area contributed by atoms with Crippen molar-refractivity contribution in [2.45, 2.75) is 70.6 Å². The molecule has 0 spiro atoms. The molecule has 1 saturated heterocycles. The Kier molecular flexibility index (Phi) is 10.1. The summed E-state index contributed by atoms with van der Waals surface area (Å²) < 4.78 is 70.5. The summed E-state index contributed by atoms with van der Waals surface area (Å²) in [6, 6.07) is 4.83. The molecule has 3 rings (SSSR count). The first-order valence-electron chi connectivity index (χ1n) is 12.3. The molecule has 18 heteroatoms. The minimum absolute atomic E-state index is 0.0430. The Labute approximate surface area is 234 Å². The predicted molar refractivity (Wildman–Crippen MR) is 135 cm³/mol. The molecule has 2 aromatic heterocycles. The van der Waals surface area contributed by atoms with Crippen LogP contribution in [0.1, 0.15) is 46.7 Å². The van der Waals surface area contributed by atoms with E-state index in [2.05, 4.69) is 19.6 Å². The van der Waals surface area contributed by atoms with Crippen LogP contribution in [0.25, 0.3) is 5.52 Å². The topological polar surface area (TPSA) is 205 Å². The van der Waals surface area contributed by atoms with Crippen molar-refractivity contribution in [3.05, 3.63) is 24.2 Å². The molecular formula is C23H31FN5O11P. The summed E-state index contributed by atoms with van der Waals surface area (Å²) in [7, 11) is -4.64. The quantitative estimate of drug-likeness (QED) is 0.208. The summed E-state index contributed by atoms with van der Waals surface area (Å²) in [5, 5.41) is 14.1. The van der Waals surface area contributed by atoms with E-state index in [0.29, 0.717) is 5.52 Å². The molecule has 1 fully saturated rings. The second kappa shape index (κ2) is 13.0. The normalized spacial score (nSPS) is 22.6. The highest BCUT2D eigenvalue weighted by Gasteiger charge is 2.61. The number of aromatic nitrogens is 3. The molecule has 0 radical (unpaired) electrons. The SMILES string of the molecule is CC(C)OC(=O)OCOP(=O)(OCOC(=O)OC(C)C)OC[C@@H]1C[C@@](C)(F)[C@](C#N)(c2ccc3c(N)ncnn23)O1. The van der Waals surface area contributed by atoms with Crippen LogP contribution in [0.4, 0.5) is 19.8 Å². The van der Waals surface area contributed by atoms with Gasteiger partial charge < -0.3 is 29.4 Å². The number of hydrogen-bond acceptors (Lipinski definition) is 15. The van der Waals surface area contributed by atoms with Crippen molar-refractivity contribution in [3.63, 3.8) is 0 Å². The molecule has 2 aromatic rings. The summed E-state index contributed by atoms with van der Waals surface area (Å²) in [4.78, 5) is 27.1. The molecule has 1 aliphatic heterocycles. The van der Waals surface area contributed by atoms with E-state index in [1.165, 1.54) is 16.6 Å². The third-order valence-corrected chi connectivity index (χ3v) is 6.85. The first-order chi connectivity index (χ1) is 19.2. The summed E-state index contributed by atoms with van der Waals surface area (Å²) in [5.41, 5.74) is 1.77. The fraction of sp³-hybridized carbons (Fsp3) is 0.609. The van der Waals surface area contributed by atoms with Gasteiger partial charge in [-0.1, -0.05) is 0 Å². The maximum atomic E-state index is 16.0. The van der Waals surface area contributed by atoms with Crippen LogP contribution < -0.4 is 5.73 Å². The largest absolute Gasteiger partial charge is 0.510 e. The minimum atomic E-state index is -4.64. The smallest absolute Gasteiger partial charge is 0.432 e. The van der Waals surface area contributed by atoms with Crippen molar-refractivity contribution in [2.75, 3.05) is 25.9 Å². The molecular weight excluding hydrogens is 572 g/mol. The lowest BCUT2D eigenvalue weighted by Crippen LogP contribution is -2.42. The number of rotatable bonds is 12. The van der Waals surface area contributed by atoms with E-state index in [0.717, 1.165) is 13.3 Å². The monoisotopic (exact) mass is 603 g/mol. The van der Waals surface area contributed by atoms with Crippen LogP contribution in [0.2, 0.25) is 0 Å². The lowest BCUT2D eigenvalue weighted by Gasteiger charge is -2.29. The Morgan fingerprint density at radius 3 is 2.29 bits per heavy atom. The third kappa shape index (κ3) is 7.60. The van der Waals surface area contributed by atoms with E-state index in [1.807, 2.05) is 6.07 Å². The van der Waals surface area contributed by atoms with Gasteiger partial charge in [0.2, 0.25) is 19.2 Å². The van der Waals surface area contributed by atoms with Crippen molar-refractivity contribution in [1.29, 1.82) is 5.26 Å². The van der Waals surface area contributed by atoms with Crippen molar-refractivity contribution >= 4 is 31.5 Å². The van der Waals surface area contributed by atoms with Gasteiger partial charge in [-0.15, -0.1) is 0 Å². The molecule has 0 bridgehead atoms. The van der Waals surface area contributed by atoms with Gasteiger partial charge in [0.05, 0.1) is 30.6 Å². The van der Waals surface area contributed by atoms with Crippen molar-refractivity contribution in [1.82, 2.24) is 14.6 Å². The molecule has 0 amide bonds. The number of halogens is 1. The third-order valence-electron chi connectivity index (χ3n) is 5.55. The lowest BCUT2D eigenvalue weighted by molar-refractivity contribution is -0.0788. The number of carbonyl (C=O) groups is 2. The molecule has 0 aromatic carbocycles. The van der Waals surface area contributed by atoms with Crippen molar-refractivity contribution < 1.29 is 55.8 Å². The van der Waals surface area contributed by atoms with Crippen LogP contribution in [0.15, 0.2) is 18.5 Å². The number of nitrogen functional groups attached to an aromatic ring is 1. The van der Waals surface area contributed by atoms with Gasteiger partial charge in [0, 0.05) is 6.42 Å². The maximum absolute atomic E-state index is 16.0. The number of phosphoric ester groups is 1. The zero-order valence-corrected chi connectivity index (χ0v) is 23.9. The summed E-state index contributed by atoms with van der Waals surface area (Å²) in [5.74, 6) is 0.104. The van der Waals surface area contributed by atoms with Crippen LogP contribution in [0.3, 0.4) is 0 Å². The lowest BCUT2D eigenvalue weighted by atomic mass is 9.83. The number of nitrogens with zero attached hydrogens (tertiary/aromatic N) is 4. The number of nitrogens with two attached hydrogens (primary N) is 1. The molecule has 3 atom stereocenters. The number of nitriles is 1. The number of alkyl halides is 1. The van der Waals surface area contributed by atoms with Gasteiger partial charge in [-0.25, -0.2) is 37.1 Å². The number of hydrogen-bond donors (Lipinski definition) is 1. The average molecular weight is 603 g/mol. The van der Waals surface area contributed by atoms with E-state index in [1.54, 1.807) is 27.7 Å². The first-order valence-corrected chi connectivity index (χ1v) is 13.7. The maximum Gasteiger partial charge on any atom is 0.510 e. The molecule has 41 heavy (non-hydrogen) atoms. The van der Waals surface area contributed by atoms with E-state index in [-0.39, 0.29) is 17.9 Å². The second-order valence-electron chi connectivity index (χ2n) is 9.45. The number of fused-ring (bicyclic) bond motifs is 1. The fourth-order valence-electron chi connectivity index (χ4n) is 3.84. The molecule has 16 nitrogen and oxygen atoms in total. The van der Waals surface area contributed by atoms with Crippen LogP contribution >= 0.6 is 7.82 Å². The molecule has 0 aliphatic carbocycles. The summed E-state index contributed by atoms with van der Waals surface area (Å²) in [6.07, 6.45) is -3.66. The molecule has 2 N–H and O–H groups in total. The number of phosphoric acid groups is 1. The Balaban J connectivity index is 1.73. The standard InChI is InChI=1S/C23H31FN5O11P/c1-14(2)38-20(30)33-12-36-41(32,37-13-34-21(31)39-15(3)4)35-9-16-8-22(5,24)23(10-25,40-16)18-7-6-17-19(26)27-11-28-29(17)18/h6-7,11,14-16H,8-9,12-13H2,1-5H3,(H2,26,27,28)/t16-,22+,23-/m0/s1. The Morgan fingerprint density at radius 1 is 1.17 bits per heavy atom. The van der Waals surface area contributed by atoms with Gasteiger partial charge in [0.1, 0.15) is 17.9 Å². The Morgan fingerprint density at radius 2 is 1.76 bits per heavy atom. The Bertz CT molecular complexity index is 1300. The zero-order valence-electron chi connectivity index (χ0n) is 23.0. The van der Waals surface area contributed by atoms with Gasteiger partial charge in [0.15, 0.2) is 11.5 Å². The molecule has 226 valence electrons. The van der Waals surface area contributed by atoms with E-state index in [9.17, 15) is 19.4 Å². The van der Waals surface area contributed by atoms with E-state index < -0.39 is 69.9 Å². The van der Waals surface area contributed by atoms with Crippen LogP contribution in [-0.4, -0.2) is 71.1 Å². The van der Waals surface area contributed by atoms with Crippen LogP contribution in [0.5, 0.6) is 0 Å². The highest BCUT2D eigenvalue weighted by Crippen LogP contribution is 2.53. The van der Waals surface area contributed by atoms with Gasteiger partial charge in [0.25, 0.3) is 0 Å². The van der Waals surface area contributed by atoms with Gasteiger partial charge in [-0.2, -0.15) is 10.4 Å². The average Bonchev–Trinajstić information content (AvgIpc) is 3.41. The number of carbonyl (C=O) groups excluding carboxylic acids is 2. The Hall–Kier alpha value is -3.55. The number of anilines is 1. The fourth-order valence-corrected chi connectivity index (χ4v) is 4.78. The summed E-state index contributed by atoms with van der Waals surface area (Å²) in [6.45, 7) is 4.97. The van der Waals surface area contributed by atoms with E-state index >= 15 is 4.39 Å². The highest BCUT2D eigenvalue weighted by atomic mass is 31.2. The molecule has 3 heterocycles. The van der Waals surface area contributed by atoms with Gasteiger partial charge >= 0.3 is 20.1 Å². The molecule has 1 aliphatic rings. The molecule has 0 unspecified atom stereocenters. The molecule has 0 saturated carbocycles. The predicted octanol–water partition coefficient (Wildman–Crippen LogP) is 3.74. The van der Waals surface area contributed by atoms with Crippen LogP contribution in [-0.2, 0) is 47.4 Å². The minimum Gasteiger partial charge on any atom is -0.432 e. The van der Waals surface area contributed by atoms with Gasteiger partial charge in [-0.3, -0.25) is 4.52 Å². The first kappa shape index (κ1) is 32.0. The highest BCUT2D eigenvalue weighted by molar-refractivity contribution is 7.48. The number of ether oxygens (including phenoxy) is 5. The second-order valence-corrected chi connectivity index (χ2v) is 11.1. The van der Waals surface area contributed by atoms with E-state index in [4.69, 9.17) is 33.5 Å². The van der Waals surface area contributed by atoms with Crippen LogP contribution in [0, 0.1) is 11.3 Å². The van der Waals surface area contributed by atoms with Gasteiger partial charge in [-0.05, 0) is 46.8 Å².